The minimum absolute atomic E-state index is 0.0361. The van der Waals surface area contributed by atoms with Gasteiger partial charge in [-0.3, -0.25) is 4.79 Å². The first kappa shape index (κ1) is 11.4. The summed E-state index contributed by atoms with van der Waals surface area (Å²) in [6, 6.07) is 0. The molecule has 5 heteroatoms. The van der Waals surface area contributed by atoms with Crippen molar-refractivity contribution in [3.63, 3.8) is 0 Å². The lowest BCUT2D eigenvalue weighted by atomic mass is 10.2. The number of rotatable bonds is 5. The lowest BCUT2D eigenvalue weighted by Crippen LogP contribution is -2.03. The molecule has 0 saturated heterocycles. The summed E-state index contributed by atoms with van der Waals surface area (Å²) in [4.78, 5) is 11.6. The summed E-state index contributed by atoms with van der Waals surface area (Å²) in [7, 11) is 0. The van der Waals surface area contributed by atoms with Crippen LogP contribution in [-0.4, -0.2) is 20.8 Å². The lowest BCUT2D eigenvalue weighted by Gasteiger charge is -1.96. The highest BCUT2D eigenvalue weighted by atomic mass is 127. The Kier molecular flexibility index (Phi) is 4.24. The Bertz CT molecular complexity index is 346. The first-order valence-corrected chi connectivity index (χ1v) is 5.51. The second-order valence-electron chi connectivity index (χ2n) is 2.80. The van der Waals surface area contributed by atoms with Gasteiger partial charge in [-0.25, -0.2) is 4.68 Å². The van der Waals surface area contributed by atoms with Crippen LogP contribution in [0.5, 0.6) is 0 Å². The highest BCUT2D eigenvalue weighted by Gasteiger charge is 2.15. The molecule has 0 bridgehead atoms. The molecule has 1 rings (SSSR count). The maximum absolute atomic E-state index is 11.6. The van der Waals surface area contributed by atoms with Crippen LogP contribution in [0.2, 0.25) is 0 Å². The third-order valence-corrected chi connectivity index (χ3v) is 2.88. The van der Waals surface area contributed by atoms with Crippen LogP contribution < -0.4 is 0 Å². The Morgan fingerprint density at radius 2 is 2.43 bits per heavy atom. The molecular formula is C9H12IN3O. The van der Waals surface area contributed by atoms with Gasteiger partial charge in [0, 0.05) is 13.0 Å². The van der Waals surface area contributed by atoms with E-state index in [9.17, 15) is 4.79 Å². The lowest BCUT2D eigenvalue weighted by molar-refractivity contribution is 0.0978. The molecule has 1 aromatic heterocycles. The fourth-order valence-electron chi connectivity index (χ4n) is 1.03. The van der Waals surface area contributed by atoms with E-state index in [0.717, 1.165) is 10.2 Å². The summed E-state index contributed by atoms with van der Waals surface area (Å²) < 4.78 is 2.53. The monoisotopic (exact) mass is 305 g/mol. The molecule has 1 aromatic rings. The van der Waals surface area contributed by atoms with Crippen LogP contribution in [0, 0.1) is 3.70 Å². The number of hydrogen-bond donors (Lipinski definition) is 0. The van der Waals surface area contributed by atoms with E-state index in [-0.39, 0.29) is 5.78 Å². The van der Waals surface area contributed by atoms with E-state index < -0.39 is 0 Å². The molecule has 0 spiro atoms. The van der Waals surface area contributed by atoms with Crippen LogP contribution in [-0.2, 0) is 6.54 Å². The van der Waals surface area contributed by atoms with Crippen molar-refractivity contribution in [2.75, 3.05) is 0 Å². The molecule has 0 fully saturated rings. The van der Waals surface area contributed by atoms with Crippen molar-refractivity contribution in [1.82, 2.24) is 15.0 Å². The number of carbonyl (C=O) groups excluding carboxylic acids is 1. The molecular weight excluding hydrogens is 293 g/mol. The summed E-state index contributed by atoms with van der Waals surface area (Å²) in [5.41, 5.74) is 0.481. The van der Waals surface area contributed by atoms with Gasteiger partial charge in [-0.15, -0.1) is 11.7 Å². The van der Waals surface area contributed by atoms with Crippen molar-refractivity contribution < 1.29 is 4.79 Å². The third-order valence-electron chi connectivity index (χ3n) is 1.81. The van der Waals surface area contributed by atoms with Crippen molar-refractivity contribution in [2.24, 2.45) is 0 Å². The molecule has 0 amide bonds. The average Bonchev–Trinajstić information content (AvgIpc) is 2.56. The maximum Gasteiger partial charge on any atom is 0.186 e. The Morgan fingerprint density at radius 3 is 2.93 bits per heavy atom. The Hall–Kier alpha value is -0.720. The fourth-order valence-corrected chi connectivity index (χ4v) is 1.87. The third kappa shape index (κ3) is 2.40. The van der Waals surface area contributed by atoms with E-state index in [1.165, 1.54) is 0 Å². The van der Waals surface area contributed by atoms with Gasteiger partial charge >= 0.3 is 0 Å². The molecule has 0 aromatic carbocycles. The normalized spacial score (nSPS) is 10.1. The molecule has 0 radical (unpaired) electrons. The van der Waals surface area contributed by atoms with Gasteiger partial charge in [0.1, 0.15) is 3.70 Å². The second-order valence-corrected chi connectivity index (χ2v) is 3.82. The molecule has 0 aliphatic heterocycles. The number of hydrogen-bond acceptors (Lipinski definition) is 3. The Balaban J connectivity index is 2.79. The van der Waals surface area contributed by atoms with Crippen molar-refractivity contribution >= 4 is 28.4 Å². The number of aryl methyl sites for hydroxylation is 1. The highest BCUT2D eigenvalue weighted by molar-refractivity contribution is 14.1. The molecule has 1 heterocycles. The van der Waals surface area contributed by atoms with E-state index in [1.54, 1.807) is 10.8 Å². The van der Waals surface area contributed by atoms with Crippen LogP contribution in [0.4, 0.5) is 0 Å². The second kappa shape index (κ2) is 5.23. The van der Waals surface area contributed by atoms with Crippen LogP contribution in [0.25, 0.3) is 0 Å². The molecule has 0 saturated carbocycles. The van der Waals surface area contributed by atoms with Crippen LogP contribution in [0.15, 0.2) is 12.7 Å². The molecule has 76 valence electrons. The maximum atomic E-state index is 11.6. The summed E-state index contributed by atoms with van der Waals surface area (Å²) >= 11 is 2.09. The zero-order valence-electron chi connectivity index (χ0n) is 8.03. The minimum atomic E-state index is 0.0361. The minimum Gasteiger partial charge on any atom is -0.292 e. The van der Waals surface area contributed by atoms with E-state index in [0.29, 0.717) is 18.5 Å². The van der Waals surface area contributed by atoms with Gasteiger partial charge in [0.2, 0.25) is 0 Å². The first-order chi connectivity index (χ1) is 6.70. The summed E-state index contributed by atoms with van der Waals surface area (Å²) in [5, 5.41) is 7.74. The number of Topliss-reactive ketones (excluding diaryl/α,β-unsaturated/α-hetero) is 1. The number of aromatic nitrogens is 3. The topological polar surface area (TPSA) is 47.8 Å². The van der Waals surface area contributed by atoms with Gasteiger partial charge in [0.25, 0.3) is 0 Å². The van der Waals surface area contributed by atoms with Gasteiger partial charge < -0.3 is 0 Å². The van der Waals surface area contributed by atoms with Gasteiger partial charge in [-0.1, -0.05) is 11.3 Å². The number of ketones is 1. The summed E-state index contributed by atoms with van der Waals surface area (Å²) in [6.07, 6.45) is 2.88. The van der Waals surface area contributed by atoms with E-state index >= 15 is 0 Å². The molecule has 4 nitrogen and oxygen atoms in total. The molecule has 14 heavy (non-hydrogen) atoms. The molecule has 0 aliphatic carbocycles. The summed E-state index contributed by atoms with van der Waals surface area (Å²) in [5.74, 6) is 0.0361. The number of allylic oxidation sites excluding steroid dienone is 1. The number of nitrogens with zero attached hydrogens (tertiary/aromatic N) is 3. The SMILES string of the molecule is C=CCCC(=O)c1nnn(CC)c1I. The molecule has 0 atom stereocenters. The smallest absolute Gasteiger partial charge is 0.186 e. The van der Waals surface area contributed by atoms with Crippen molar-refractivity contribution in [1.29, 1.82) is 0 Å². The number of carbonyl (C=O) groups is 1. The van der Waals surface area contributed by atoms with Crippen LogP contribution in [0.1, 0.15) is 30.3 Å². The first-order valence-electron chi connectivity index (χ1n) is 4.43. The molecule has 0 N–H and O–H groups in total. The fraction of sp³-hybridized carbons (Fsp3) is 0.444. The predicted octanol–water partition coefficient (Wildman–Crippen LogP) is 2.05. The van der Waals surface area contributed by atoms with Gasteiger partial charge in [-0.05, 0) is 35.9 Å². The quantitative estimate of drug-likeness (QED) is 0.475. The molecule has 0 unspecified atom stereocenters. The zero-order valence-corrected chi connectivity index (χ0v) is 10.2. The predicted molar refractivity (Wildman–Crippen MR) is 62.2 cm³/mol. The standard InChI is InChI=1S/C9H12IN3O/c1-3-5-6-7(14)8-9(10)13(4-2)12-11-8/h3H,1,4-6H2,2H3. The number of halogens is 1. The largest absolute Gasteiger partial charge is 0.292 e. The van der Waals surface area contributed by atoms with Crippen LogP contribution >= 0.6 is 22.6 Å². The van der Waals surface area contributed by atoms with Gasteiger partial charge in [0.05, 0.1) is 0 Å². The van der Waals surface area contributed by atoms with E-state index in [2.05, 4.69) is 39.5 Å². The zero-order chi connectivity index (χ0) is 10.6. The van der Waals surface area contributed by atoms with Crippen LogP contribution in [0.3, 0.4) is 0 Å². The van der Waals surface area contributed by atoms with Gasteiger partial charge in [-0.2, -0.15) is 0 Å². The highest BCUT2D eigenvalue weighted by Crippen LogP contribution is 2.11. The van der Waals surface area contributed by atoms with Crippen molar-refractivity contribution in [2.45, 2.75) is 26.3 Å². The van der Waals surface area contributed by atoms with E-state index in [4.69, 9.17) is 0 Å². The van der Waals surface area contributed by atoms with E-state index in [1.807, 2.05) is 6.92 Å². The van der Waals surface area contributed by atoms with Gasteiger partial charge in [0.15, 0.2) is 11.5 Å². The Morgan fingerprint density at radius 1 is 1.71 bits per heavy atom. The average molecular weight is 305 g/mol. The molecule has 0 aliphatic rings. The van der Waals surface area contributed by atoms with Crippen molar-refractivity contribution in [3.05, 3.63) is 22.0 Å². The Labute approximate surface area is 96.5 Å². The summed E-state index contributed by atoms with van der Waals surface area (Å²) in [6.45, 7) is 6.28. The van der Waals surface area contributed by atoms with Crippen molar-refractivity contribution in [3.8, 4) is 0 Å².